The molecule has 0 bridgehead atoms. The molecule has 1 N–H and O–H groups in total. The van der Waals surface area contributed by atoms with E-state index in [4.69, 9.17) is 4.74 Å². The number of anilines is 1. The minimum Gasteiger partial charge on any atom is -0.394 e. The zero-order valence-corrected chi connectivity index (χ0v) is 11.9. The normalized spacial score (nSPS) is 22.2. The van der Waals surface area contributed by atoms with Gasteiger partial charge in [0, 0.05) is 30.4 Å². The predicted octanol–water partition coefficient (Wildman–Crippen LogP) is 1.69. The van der Waals surface area contributed by atoms with Gasteiger partial charge in [-0.1, -0.05) is 0 Å². The first-order valence-electron chi connectivity index (χ1n) is 7.02. The molecule has 1 aromatic heterocycles. The van der Waals surface area contributed by atoms with E-state index in [0.717, 1.165) is 23.1 Å². The van der Waals surface area contributed by atoms with Crippen LogP contribution in [0.1, 0.15) is 12.5 Å². The largest absolute Gasteiger partial charge is 0.394 e. The summed E-state index contributed by atoms with van der Waals surface area (Å²) in [6, 6.07) is 9.79. The maximum Gasteiger partial charge on any atom is 0.101 e. The molecule has 2 aromatic rings. The Kier molecular flexibility index (Phi) is 3.74. The molecule has 1 saturated heterocycles. The van der Waals surface area contributed by atoms with E-state index in [2.05, 4.69) is 16.0 Å². The number of nitrogens with zero attached hydrogens (tertiary/aromatic N) is 3. The zero-order chi connectivity index (χ0) is 14.8. The topological polar surface area (TPSA) is 69.4 Å². The van der Waals surface area contributed by atoms with Crippen molar-refractivity contribution >= 4 is 16.6 Å². The van der Waals surface area contributed by atoms with E-state index in [-0.39, 0.29) is 18.8 Å². The minimum absolute atomic E-state index is 0.00724. The molecule has 0 unspecified atom stereocenters. The molecule has 0 radical (unpaired) electrons. The summed E-state index contributed by atoms with van der Waals surface area (Å²) >= 11 is 0. The number of morpholine rings is 1. The number of fused-ring (bicyclic) bond motifs is 1. The van der Waals surface area contributed by atoms with E-state index >= 15 is 0 Å². The molecule has 2 atom stereocenters. The third-order valence-electron chi connectivity index (χ3n) is 3.74. The third kappa shape index (κ3) is 2.56. The first-order chi connectivity index (χ1) is 10.2. The molecule has 5 nitrogen and oxygen atoms in total. The third-order valence-corrected chi connectivity index (χ3v) is 3.74. The van der Waals surface area contributed by atoms with E-state index < -0.39 is 0 Å². The van der Waals surface area contributed by atoms with Gasteiger partial charge in [0.25, 0.3) is 0 Å². The second-order valence-electron chi connectivity index (χ2n) is 5.30. The molecule has 1 aromatic carbocycles. The highest BCUT2D eigenvalue weighted by Gasteiger charge is 2.26. The number of rotatable bonds is 2. The van der Waals surface area contributed by atoms with Crippen molar-refractivity contribution in [3.05, 3.63) is 36.0 Å². The number of aliphatic hydroxyl groups is 1. The number of aliphatic hydroxyl groups excluding tert-OH is 1. The Hall–Kier alpha value is -2.16. The summed E-state index contributed by atoms with van der Waals surface area (Å²) < 4.78 is 5.68. The first-order valence-corrected chi connectivity index (χ1v) is 7.02. The minimum atomic E-state index is -0.184. The zero-order valence-electron chi connectivity index (χ0n) is 11.9. The number of pyridine rings is 1. The van der Waals surface area contributed by atoms with Crippen molar-refractivity contribution in [3.63, 3.8) is 0 Å². The van der Waals surface area contributed by atoms with Crippen LogP contribution in [0.15, 0.2) is 30.5 Å². The van der Waals surface area contributed by atoms with Gasteiger partial charge in [-0.15, -0.1) is 0 Å². The Morgan fingerprint density at radius 1 is 1.43 bits per heavy atom. The van der Waals surface area contributed by atoms with Gasteiger partial charge in [0.2, 0.25) is 0 Å². The summed E-state index contributed by atoms with van der Waals surface area (Å²) in [5.74, 6) is 0. The highest BCUT2D eigenvalue weighted by molar-refractivity contribution is 5.95. The summed E-state index contributed by atoms with van der Waals surface area (Å²) in [4.78, 5) is 6.53. The Bertz CT molecular complexity index is 695. The fraction of sp³-hybridized carbons (Fsp3) is 0.375. The molecular formula is C16H17N3O2. The van der Waals surface area contributed by atoms with Gasteiger partial charge in [0.05, 0.1) is 29.9 Å². The molecule has 0 spiro atoms. The Morgan fingerprint density at radius 2 is 2.29 bits per heavy atom. The fourth-order valence-corrected chi connectivity index (χ4v) is 2.87. The quantitative estimate of drug-likeness (QED) is 0.908. The summed E-state index contributed by atoms with van der Waals surface area (Å²) in [5.41, 5.74) is 2.33. The smallest absolute Gasteiger partial charge is 0.101 e. The number of aromatic nitrogens is 1. The second-order valence-corrected chi connectivity index (χ2v) is 5.30. The molecule has 2 heterocycles. The molecule has 5 heteroatoms. The standard InChI is InChI=1S/C16H17N3O2/c1-11-8-19(9-13(10-20)21-11)15-5-4-12(7-17)16-14(15)3-2-6-18-16/h2-6,11,13,20H,8-10H2,1H3/t11-,13+/m0/s1. The van der Waals surface area contributed by atoms with Crippen LogP contribution in [0.3, 0.4) is 0 Å². The average molecular weight is 283 g/mol. The second kappa shape index (κ2) is 5.68. The average Bonchev–Trinajstić information content (AvgIpc) is 2.53. The van der Waals surface area contributed by atoms with Crippen LogP contribution in [0.2, 0.25) is 0 Å². The Labute approximate surface area is 123 Å². The van der Waals surface area contributed by atoms with Crippen LogP contribution in [0, 0.1) is 11.3 Å². The van der Waals surface area contributed by atoms with Gasteiger partial charge < -0.3 is 14.7 Å². The van der Waals surface area contributed by atoms with Crippen LogP contribution in [-0.2, 0) is 4.74 Å². The molecule has 0 amide bonds. The summed E-state index contributed by atoms with van der Waals surface area (Å²) in [6.07, 6.45) is 1.57. The van der Waals surface area contributed by atoms with Gasteiger partial charge in [-0.05, 0) is 31.2 Å². The first kappa shape index (κ1) is 13.8. The number of hydrogen-bond donors (Lipinski definition) is 1. The van der Waals surface area contributed by atoms with Gasteiger partial charge in [0.15, 0.2) is 0 Å². The Morgan fingerprint density at radius 3 is 3.05 bits per heavy atom. The van der Waals surface area contributed by atoms with Crippen molar-refractivity contribution in [1.29, 1.82) is 5.26 Å². The van der Waals surface area contributed by atoms with Gasteiger partial charge in [-0.3, -0.25) is 4.98 Å². The molecule has 1 fully saturated rings. The summed E-state index contributed by atoms with van der Waals surface area (Å²) in [6.45, 7) is 3.40. The molecule has 1 aliphatic heterocycles. The fourth-order valence-electron chi connectivity index (χ4n) is 2.87. The van der Waals surface area contributed by atoms with E-state index in [9.17, 15) is 10.4 Å². The van der Waals surface area contributed by atoms with E-state index in [1.54, 1.807) is 12.3 Å². The molecule has 108 valence electrons. The molecular weight excluding hydrogens is 266 g/mol. The summed E-state index contributed by atoms with van der Waals surface area (Å²) in [5, 5.41) is 19.5. The van der Waals surface area contributed by atoms with Crippen molar-refractivity contribution in [1.82, 2.24) is 4.98 Å². The van der Waals surface area contributed by atoms with E-state index in [1.807, 2.05) is 25.1 Å². The van der Waals surface area contributed by atoms with Crippen LogP contribution < -0.4 is 4.90 Å². The number of benzene rings is 1. The van der Waals surface area contributed by atoms with E-state index in [0.29, 0.717) is 12.1 Å². The van der Waals surface area contributed by atoms with Crippen LogP contribution in [-0.4, -0.2) is 42.0 Å². The maximum absolute atomic E-state index is 9.36. The molecule has 21 heavy (non-hydrogen) atoms. The van der Waals surface area contributed by atoms with E-state index in [1.165, 1.54) is 0 Å². The van der Waals surface area contributed by atoms with Crippen LogP contribution >= 0.6 is 0 Å². The van der Waals surface area contributed by atoms with Crippen LogP contribution in [0.25, 0.3) is 10.9 Å². The lowest BCUT2D eigenvalue weighted by molar-refractivity contribution is -0.0420. The summed E-state index contributed by atoms with van der Waals surface area (Å²) in [7, 11) is 0. The highest BCUT2D eigenvalue weighted by atomic mass is 16.5. The van der Waals surface area contributed by atoms with Crippen molar-refractivity contribution in [2.75, 3.05) is 24.6 Å². The Balaban J connectivity index is 2.07. The SMILES string of the molecule is C[C@H]1CN(c2ccc(C#N)c3ncccc23)C[C@H](CO)O1. The highest BCUT2D eigenvalue weighted by Crippen LogP contribution is 2.30. The number of ether oxygens (including phenoxy) is 1. The molecule has 0 saturated carbocycles. The van der Waals surface area contributed by atoms with Crippen molar-refractivity contribution in [3.8, 4) is 6.07 Å². The van der Waals surface area contributed by atoms with Gasteiger partial charge in [-0.2, -0.15) is 5.26 Å². The maximum atomic E-state index is 9.36. The van der Waals surface area contributed by atoms with Crippen LogP contribution in [0.4, 0.5) is 5.69 Å². The lowest BCUT2D eigenvalue weighted by Gasteiger charge is -2.38. The van der Waals surface area contributed by atoms with Crippen molar-refractivity contribution in [2.24, 2.45) is 0 Å². The lowest BCUT2D eigenvalue weighted by atomic mass is 10.1. The molecule has 1 aliphatic rings. The molecule has 3 rings (SSSR count). The van der Waals surface area contributed by atoms with Crippen LogP contribution in [0.5, 0.6) is 0 Å². The van der Waals surface area contributed by atoms with Gasteiger partial charge in [0.1, 0.15) is 6.07 Å². The predicted molar refractivity (Wildman–Crippen MR) is 80.1 cm³/mol. The van der Waals surface area contributed by atoms with Gasteiger partial charge in [-0.25, -0.2) is 0 Å². The monoisotopic (exact) mass is 283 g/mol. The number of hydrogen-bond acceptors (Lipinski definition) is 5. The van der Waals surface area contributed by atoms with Gasteiger partial charge >= 0.3 is 0 Å². The van der Waals surface area contributed by atoms with Crippen molar-refractivity contribution in [2.45, 2.75) is 19.1 Å². The lowest BCUT2D eigenvalue weighted by Crippen LogP contribution is -2.48. The number of nitriles is 1. The van der Waals surface area contributed by atoms with Crippen molar-refractivity contribution < 1.29 is 9.84 Å². The molecule has 0 aliphatic carbocycles.